The van der Waals surface area contributed by atoms with E-state index in [0.717, 1.165) is 11.5 Å². The van der Waals surface area contributed by atoms with Crippen LogP contribution in [0.3, 0.4) is 0 Å². The second-order valence-corrected chi connectivity index (χ2v) is 6.32. The summed E-state index contributed by atoms with van der Waals surface area (Å²) in [5.74, 6) is 4.28. The molecule has 0 fully saturated rings. The van der Waals surface area contributed by atoms with Gasteiger partial charge < -0.3 is 34.3 Å². The highest BCUT2D eigenvalue weighted by Gasteiger charge is 2.13. The molecule has 0 saturated carbocycles. The van der Waals surface area contributed by atoms with Crippen molar-refractivity contribution in [1.82, 2.24) is 10.6 Å². The van der Waals surface area contributed by atoms with Crippen molar-refractivity contribution >= 4 is 5.96 Å². The van der Waals surface area contributed by atoms with Gasteiger partial charge in [0.05, 0.1) is 20.2 Å². The van der Waals surface area contributed by atoms with Gasteiger partial charge in [-0.1, -0.05) is 12.1 Å². The van der Waals surface area contributed by atoms with Crippen LogP contribution in [0.15, 0.2) is 47.5 Å². The molecule has 1 aliphatic heterocycles. The number of rotatable bonds is 9. The van der Waals surface area contributed by atoms with E-state index < -0.39 is 0 Å². The van der Waals surface area contributed by atoms with Crippen molar-refractivity contribution in [2.75, 3.05) is 40.6 Å². The van der Waals surface area contributed by atoms with Gasteiger partial charge >= 0.3 is 0 Å². The summed E-state index contributed by atoms with van der Waals surface area (Å²) in [6.45, 7) is 3.89. The summed E-state index contributed by atoms with van der Waals surface area (Å²) < 4.78 is 27.6. The van der Waals surface area contributed by atoms with Crippen molar-refractivity contribution in [2.45, 2.75) is 13.0 Å². The largest absolute Gasteiger partial charge is 0.493 e. The second kappa shape index (κ2) is 10.3. The molecule has 0 saturated heterocycles. The molecule has 2 aromatic carbocycles. The maximum atomic E-state index is 5.93. The Hall–Kier alpha value is -3.29. The van der Waals surface area contributed by atoms with Crippen LogP contribution < -0.4 is 34.3 Å². The van der Waals surface area contributed by atoms with Gasteiger partial charge in [-0.15, -0.1) is 0 Å². The SMILES string of the molecule is CN=C(NCCOc1ccc2c(c1)OCO2)NCC(C)Oc1ccccc1OC. The Morgan fingerprint density at radius 1 is 1.10 bits per heavy atom. The predicted octanol–water partition coefficient (Wildman–Crippen LogP) is 2.44. The monoisotopic (exact) mass is 401 g/mol. The van der Waals surface area contributed by atoms with Crippen LogP contribution in [0, 0.1) is 0 Å². The predicted molar refractivity (Wildman–Crippen MR) is 111 cm³/mol. The summed E-state index contributed by atoms with van der Waals surface area (Å²) in [4.78, 5) is 4.21. The Morgan fingerprint density at radius 2 is 1.90 bits per heavy atom. The first-order valence-electron chi connectivity index (χ1n) is 9.46. The molecule has 0 bridgehead atoms. The van der Waals surface area contributed by atoms with Crippen molar-refractivity contribution < 1.29 is 23.7 Å². The Kier molecular flexibility index (Phi) is 7.27. The summed E-state index contributed by atoms with van der Waals surface area (Å²) in [5.41, 5.74) is 0. The molecular weight excluding hydrogens is 374 g/mol. The molecular formula is C21H27N3O5. The van der Waals surface area contributed by atoms with E-state index in [1.54, 1.807) is 14.2 Å². The van der Waals surface area contributed by atoms with Gasteiger partial charge in [0.25, 0.3) is 0 Å². The molecule has 0 radical (unpaired) electrons. The van der Waals surface area contributed by atoms with Gasteiger partial charge in [0, 0.05) is 13.1 Å². The molecule has 1 heterocycles. The van der Waals surface area contributed by atoms with Gasteiger partial charge in [-0.2, -0.15) is 0 Å². The van der Waals surface area contributed by atoms with Gasteiger partial charge in [0.2, 0.25) is 6.79 Å². The molecule has 8 nitrogen and oxygen atoms in total. The van der Waals surface area contributed by atoms with E-state index in [1.807, 2.05) is 49.4 Å². The van der Waals surface area contributed by atoms with E-state index in [1.165, 1.54) is 0 Å². The molecule has 1 unspecified atom stereocenters. The topological polar surface area (TPSA) is 82.6 Å². The number of ether oxygens (including phenoxy) is 5. The normalized spacial score (nSPS) is 13.6. The van der Waals surface area contributed by atoms with Crippen LogP contribution in [0.25, 0.3) is 0 Å². The van der Waals surface area contributed by atoms with Crippen LogP contribution >= 0.6 is 0 Å². The smallest absolute Gasteiger partial charge is 0.231 e. The van der Waals surface area contributed by atoms with Gasteiger partial charge in [-0.05, 0) is 31.2 Å². The van der Waals surface area contributed by atoms with Crippen molar-refractivity contribution in [3.63, 3.8) is 0 Å². The average molecular weight is 401 g/mol. The maximum absolute atomic E-state index is 5.93. The zero-order valence-electron chi connectivity index (χ0n) is 16.9. The zero-order chi connectivity index (χ0) is 20.5. The summed E-state index contributed by atoms with van der Waals surface area (Å²) in [6.07, 6.45) is -0.0743. The van der Waals surface area contributed by atoms with E-state index in [2.05, 4.69) is 15.6 Å². The lowest BCUT2D eigenvalue weighted by Gasteiger charge is -2.19. The molecule has 1 atom stereocenters. The van der Waals surface area contributed by atoms with E-state index in [9.17, 15) is 0 Å². The zero-order valence-corrected chi connectivity index (χ0v) is 16.9. The number of para-hydroxylation sites is 2. The van der Waals surface area contributed by atoms with Crippen LogP contribution in [0.1, 0.15) is 6.92 Å². The van der Waals surface area contributed by atoms with Gasteiger partial charge in [0.1, 0.15) is 18.5 Å². The number of hydrogen-bond donors (Lipinski definition) is 2. The van der Waals surface area contributed by atoms with Crippen molar-refractivity contribution in [1.29, 1.82) is 0 Å². The Bertz CT molecular complexity index is 828. The van der Waals surface area contributed by atoms with E-state index in [0.29, 0.717) is 42.9 Å². The summed E-state index contributed by atoms with van der Waals surface area (Å²) in [5, 5.41) is 6.45. The van der Waals surface area contributed by atoms with Crippen LogP contribution in [-0.2, 0) is 0 Å². The molecule has 0 aliphatic carbocycles. The van der Waals surface area contributed by atoms with Gasteiger partial charge in [0.15, 0.2) is 29.0 Å². The van der Waals surface area contributed by atoms with E-state index in [-0.39, 0.29) is 12.9 Å². The second-order valence-electron chi connectivity index (χ2n) is 6.32. The third kappa shape index (κ3) is 5.84. The fraction of sp³-hybridized carbons (Fsp3) is 0.381. The minimum Gasteiger partial charge on any atom is -0.493 e. The lowest BCUT2D eigenvalue weighted by Crippen LogP contribution is -2.43. The quantitative estimate of drug-likeness (QED) is 0.379. The number of benzene rings is 2. The lowest BCUT2D eigenvalue weighted by molar-refractivity contribution is 0.173. The first-order chi connectivity index (χ1) is 14.2. The Morgan fingerprint density at radius 3 is 2.69 bits per heavy atom. The summed E-state index contributed by atoms with van der Waals surface area (Å²) >= 11 is 0. The number of fused-ring (bicyclic) bond motifs is 1. The van der Waals surface area contributed by atoms with Crippen LogP contribution in [0.4, 0.5) is 0 Å². The lowest BCUT2D eigenvalue weighted by atomic mass is 10.3. The third-order valence-electron chi connectivity index (χ3n) is 4.19. The standard InChI is InChI=1S/C21H27N3O5/c1-15(29-19-7-5-4-6-17(19)25-3)13-24-21(22-2)23-10-11-26-16-8-9-18-20(12-16)28-14-27-18/h4-9,12,15H,10-11,13-14H2,1-3H3,(H2,22,23,24). The number of nitrogens with one attached hydrogen (secondary N) is 2. The molecule has 29 heavy (non-hydrogen) atoms. The van der Waals surface area contributed by atoms with Gasteiger partial charge in [-0.25, -0.2) is 0 Å². The molecule has 156 valence electrons. The molecule has 0 amide bonds. The minimum absolute atomic E-state index is 0.0743. The molecule has 1 aliphatic rings. The fourth-order valence-corrected chi connectivity index (χ4v) is 2.74. The molecule has 0 spiro atoms. The van der Waals surface area contributed by atoms with Crippen molar-refractivity contribution in [2.24, 2.45) is 4.99 Å². The summed E-state index contributed by atoms with van der Waals surface area (Å²) in [6, 6.07) is 13.1. The Balaban J connectivity index is 1.37. The highest BCUT2D eigenvalue weighted by atomic mass is 16.7. The van der Waals surface area contributed by atoms with Crippen LogP contribution in [0.5, 0.6) is 28.7 Å². The molecule has 8 heteroatoms. The molecule has 2 aromatic rings. The first-order valence-corrected chi connectivity index (χ1v) is 9.46. The summed E-state index contributed by atoms with van der Waals surface area (Å²) in [7, 11) is 3.35. The minimum atomic E-state index is -0.0743. The van der Waals surface area contributed by atoms with Crippen molar-refractivity contribution in [3.8, 4) is 28.7 Å². The number of hydrogen-bond acceptors (Lipinski definition) is 6. The molecule has 2 N–H and O–H groups in total. The average Bonchev–Trinajstić information content (AvgIpc) is 3.21. The third-order valence-corrected chi connectivity index (χ3v) is 4.19. The highest BCUT2D eigenvalue weighted by molar-refractivity contribution is 5.79. The highest BCUT2D eigenvalue weighted by Crippen LogP contribution is 2.35. The number of nitrogens with zero attached hydrogens (tertiary/aromatic N) is 1. The number of aliphatic imine (C=N–C) groups is 1. The van der Waals surface area contributed by atoms with Gasteiger partial charge in [-0.3, -0.25) is 4.99 Å². The van der Waals surface area contributed by atoms with E-state index >= 15 is 0 Å². The Labute approximate surface area is 170 Å². The van der Waals surface area contributed by atoms with Crippen LogP contribution in [0.2, 0.25) is 0 Å². The van der Waals surface area contributed by atoms with Crippen molar-refractivity contribution in [3.05, 3.63) is 42.5 Å². The molecule has 3 rings (SSSR count). The molecule has 0 aromatic heterocycles. The first kappa shape index (κ1) is 20.4. The van der Waals surface area contributed by atoms with E-state index in [4.69, 9.17) is 23.7 Å². The number of guanidine groups is 1. The van der Waals surface area contributed by atoms with Crippen LogP contribution in [-0.4, -0.2) is 52.7 Å². The number of methoxy groups -OCH3 is 1. The fourth-order valence-electron chi connectivity index (χ4n) is 2.74. The maximum Gasteiger partial charge on any atom is 0.231 e.